The lowest BCUT2D eigenvalue weighted by Gasteiger charge is -2.34. The van der Waals surface area contributed by atoms with Crippen LogP contribution in [0.15, 0.2) is 53.4 Å². The van der Waals surface area contributed by atoms with E-state index in [0.717, 1.165) is 23.5 Å². The summed E-state index contributed by atoms with van der Waals surface area (Å²) in [6.07, 6.45) is -4.79. The number of carbonyl (C=O) groups is 1. The van der Waals surface area contributed by atoms with Crippen molar-refractivity contribution >= 4 is 27.3 Å². The third kappa shape index (κ3) is 5.56. The molecule has 4 rings (SSSR count). The number of carbonyl (C=O) groups excluding carboxylic acids is 1. The summed E-state index contributed by atoms with van der Waals surface area (Å²) in [5, 5.41) is 5.35. The molecule has 1 amide bonds. The Kier molecular flexibility index (Phi) is 6.75. The van der Waals surface area contributed by atoms with E-state index in [9.17, 15) is 26.4 Å². The smallest absolute Gasteiger partial charge is 0.372 e. The number of benzene rings is 2. The average molecular weight is 526 g/mol. The first kappa shape index (κ1) is 25.3. The van der Waals surface area contributed by atoms with Gasteiger partial charge in [0.1, 0.15) is 0 Å². The van der Waals surface area contributed by atoms with Gasteiger partial charge in [-0.15, -0.1) is 11.3 Å². The highest BCUT2D eigenvalue weighted by molar-refractivity contribution is 7.89. The largest absolute Gasteiger partial charge is 0.416 e. The van der Waals surface area contributed by atoms with Crippen molar-refractivity contribution in [2.45, 2.75) is 37.1 Å². The number of alkyl halides is 3. The highest BCUT2D eigenvalue weighted by Crippen LogP contribution is 2.39. The molecule has 12 heteroatoms. The van der Waals surface area contributed by atoms with Crippen LogP contribution in [0.5, 0.6) is 0 Å². The van der Waals surface area contributed by atoms with Crippen molar-refractivity contribution in [3.63, 3.8) is 0 Å². The number of amides is 1. The van der Waals surface area contributed by atoms with Crippen molar-refractivity contribution in [3.05, 3.63) is 59.1 Å². The Morgan fingerprint density at radius 1 is 1.03 bits per heavy atom. The quantitative estimate of drug-likeness (QED) is 0.544. The van der Waals surface area contributed by atoms with Crippen LogP contribution < -0.4 is 5.14 Å². The fraction of sp³-hybridized carbons (Fsp3) is 0.304. The fourth-order valence-corrected chi connectivity index (χ4v) is 5.47. The number of nitrogens with zero attached hydrogens (tertiary/aromatic N) is 2. The van der Waals surface area contributed by atoms with Gasteiger partial charge in [-0.1, -0.05) is 24.3 Å². The Balaban J connectivity index is 1.78. The van der Waals surface area contributed by atoms with E-state index in [1.165, 1.54) is 36.4 Å². The van der Waals surface area contributed by atoms with Crippen molar-refractivity contribution < 1.29 is 31.1 Å². The third-order valence-corrected chi connectivity index (χ3v) is 7.47. The normalized spacial score (nSPS) is 19.1. The molecule has 2 unspecified atom stereocenters. The molecular weight excluding hydrogens is 503 g/mol. The van der Waals surface area contributed by atoms with E-state index in [1.54, 1.807) is 4.90 Å². The van der Waals surface area contributed by atoms with E-state index < -0.39 is 21.8 Å². The molecule has 7 nitrogen and oxygen atoms in total. The van der Waals surface area contributed by atoms with Crippen molar-refractivity contribution in [2.75, 3.05) is 13.1 Å². The molecule has 1 aromatic heterocycles. The number of sulfonamides is 1. The standard InChI is InChI=1S/C23H22F3N3O4S2/c1-13-11-29(12-14(2)33-13)22(30)21-28-19(15-3-7-17(8-4-15)23(24,25)26)20(34-21)16-5-9-18(10-6-16)35(27,31)32/h3-10,13-14H,11-12H2,1-2H3,(H2,27,31,32). The minimum absolute atomic E-state index is 0.0885. The first-order chi connectivity index (χ1) is 16.3. The molecule has 1 fully saturated rings. The molecule has 35 heavy (non-hydrogen) atoms. The lowest BCUT2D eigenvalue weighted by atomic mass is 10.0. The highest BCUT2D eigenvalue weighted by atomic mass is 32.2. The molecule has 1 saturated heterocycles. The number of nitrogens with two attached hydrogens (primary N) is 1. The number of aromatic nitrogens is 1. The van der Waals surface area contributed by atoms with Gasteiger partial charge in [0, 0.05) is 18.7 Å². The van der Waals surface area contributed by atoms with Gasteiger partial charge < -0.3 is 9.64 Å². The van der Waals surface area contributed by atoms with Crippen molar-refractivity contribution in [2.24, 2.45) is 5.14 Å². The molecule has 2 heterocycles. The van der Waals surface area contributed by atoms with Gasteiger partial charge in [-0.05, 0) is 43.7 Å². The van der Waals surface area contributed by atoms with Gasteiger partial charge in [0.2, 0.25) is 10.0 Å². The summed E-state index contributed by atoms with van der Waals surface area (Å²) >= 11 is 1.09. The molecule has 2 aromatic carbocycles. The van der Waals surface area contributed by atoms with Gasteiger partial charge >= 0.3 is 6.18 Å². The predicted molar refractivity (Wildman–Crippen MR) is 125 cm³/mol. The predicted octanol–water partition coefficient (Wildman–Crippen LogP) is 4.39. The zero-order valence-electron chi connectivity index (χ0n) is 18.7. The summed E-state index contributed by atoms with van der Waals surface area (Å²) < 4.78 is 68.1. The maximum absolute atomic E-state index is 13.3. The third-order valence-electron chi connectivity index (χ3n) is 5.45. The van der Waals surface area contributed by atoms with Crippen LogP contribution in [0.2, 0.25) is 0 Å². The van der Waals surface area contributed by atoms with Crippen LogP contribution in [-0.4, -0.2) is 49.5 Å². The second-order valence-electron chi connectivity index (χ2n) is 8.31. The van der Waals surface area contributed by atoms with Crippen LogP contribution >= 0.6 is 11.3 Å². The summed E-state index contributed by atoms with van der Waals surface area (Å²) in [6, 6.07) is 10.2. The summed E-state index contributed by atoms with van der Waals surface area (Å²) in [7, 11) is -3.91. The molecule has 0 bridgehead atoms. The van der Waals surface area contributed by atoms with Crippen molar-refractivity contribution in [1.82, 2.24) is 9.88 Å². The minimum atomic E-state index is -4.49. The zero-order chi connectivity index (χ0) is 25.5. The van der Waals surface area contributed by atoms with E-state index in [0.29, 0.717) is 34.8 Å². The van der Waals surface area contributed by atoms with Crippen LogP contribution in [0.3, 0.4) is 0 Å². The van der Waals surface area contributed by atoms with E-state index in [-0.39, 0.29) is 28.0 Å². The van der Waals surface area contributed by atoms with Crippen LogP contribution in [0, 0.1) is 0 Å². The maximum Gasteiger partial charge on any atom is 0.416 e. The number of primary sulfonamides is 1. The lowest BCUT2D eigenvalue weighted by Crippen LogP contribution is -2.48. The van der Waals surface area contributed by atoms with Gasteiger partial charge in [-0.2, -0.15) is 13.2 Å². The molecule has 2 atom stereocenters. The molecule has 2 N–H and O–H groups in total. The maximum atomic E-state index is 13.3. The van der Waals surface area contributed by atoms with Gasteiger partial charge in [-0.25, -0.2) is 18.5 Å². The van der Waals surface area contributed by atoms with Gasteiger partial charge in [0.15, 0.2) is 5.01 Å². The minimum Gasteiger partial charge on any atom is -0.372 e. The Morgan fingerprint density at radius 2 is 1.57 bits per heavy atom. The number of thiazole rings is 1. The Morgan fingerprint density at radius 3 is 2.09 bits per heavy atom. The molecular formula is C23H22F3N3O4S2. The number of ether oxygens (including phenoxy) is 1. The van der Waals surface area contributed by atoms with Gasteiger partial charge in [0.05, 0.1) is 33.2 Å². The molecule has 1 aliphatic rings. The first-order valence-electron chi connectivity index (χ1n) is 10.6. The number of halogens is 3. The van der Waals surface area contributed by atoms with Crippen LogP contribution in [0.1, 0.15) is 29.2 Å². The number of hydrogen-bond donors (Lipinski definition) is 1. The fourth-order valence-electron chi connectivity index (χ4n) is 3.89. The lowest BCUT2D eigenvalue weighted by molar-refractivity contribution is -0.137. The van der Waals surface area contributed by atoms with E-state index in [4.69, 9.17) is 9.88 Å². The monoisotopic (exact) mass is 525 g/mol. The molecule has 0 spiro atoms. The van der Waals surface area contributed by atoms with Crippen molar-refractivity contribution in [1.29, 1.82) is 0 Å². The first-order valence-corrected chi connectivity index (χ1v) is 13.0. The second-order valence-corrected chi connectivity index (χ2v) is 10.9. The Hall–Kier alpha value is -2.80. The molecule has 1 aliphatic heterocycles. The van der Waals surface area contributed by atoms with Gasteiger partial charge in [-0.3, -0.25) is 4.79 Å². The summed E-state index contributed by atoms with van der Waals surface area (Å²) in [5.41, 5.74) is 0.461. The summed E-state index contributed by atoms with van der Waals surface area (Å²) in [6.45, 7) is 4.50. The van der Waals surface area contributed by atoms with Crippen LogP contribution in [0.4, 0.5) is 13.2 Å². The zero-order valence-corrected chi connectivity index (χ0v) is 20.4. The van der Waals surface area contributed by atoms with E-state index >= 15 is 0 Å². The Labute approximate surface area is 204 Å². The Bertz CT molecular complexity index is 1330. The van der Waals surface area contributed by atoms with Gasteiger partial charge in [0.25, 0.3) is 5.91 Å². The molecule has 0 saturated carbocycles. The SMILES string of the molecule is CC1CN(C(=O)c2nc(-c3ccc(C(F)(F)F)cc3)c(-c3ccc(S(N)(=O)=O)cc3)s2)CC(C)O1. The molecule has 0 radical (unpaired) electrons. The molecule has 186 valence electrons. The average Bonchev–Trinajstić information content (AvgIpc) is 3.22. The van der Waals surface area contributed by atoms with Crippen LogP contribution in [-0.2, 0) is 20.9 Å². The van der Waals surface area contributed by atoms with Crippen LogP contribution in [0.25, 0.3) is 21.7 Å². The number of morpholine rings is 1. The molecule has 3 aromatic rings. The highest BCUT2D eigenvalue weighted by Gasteiger charge is 2.32. The van der Waals surface area contributed by atoms with E-state index in [2.05, 4.69) is 4.98 Å². The van der Waals surface area contributed by atoms with E-state index in [1.807, 2.05) is 13.8 Å². The topological polar surface area (TPSA) is 103 Å². The summed E-state index contributed by atoms with van der Waals surface area (Å²) in [4.78, 5) is 19.8. The van der Waals surface area contributed by atoms with Crippen molar-refractivity contribution in [3.8, 4) is 21.7 Å². The second kappa shape index (κ2) is 9.34. The molecule has 0 aliphatic carbocycles. The summed E-state index contributed by atoms with van der Waals surface area (Å²) in [5.74, 6) is -0.308. The number of rotatable bonds is 4. The number of hydrogen-bond acceptors (Lipinski definition) is 6.